The van der Waals surface area contributed by atoms with Gasteiger partial charge in [-0.2, -0.15) is 0 Å². The van der Waals surface area contributed by atoms with E-state index in [1.807, 2.05) is 46.4 Å². The molecule has 1 aromatic rings. The van der Waals surface area contributed by atoms with E-state index >= 15 is 0 Å². The van der Waals surface area contributed by atoms with Crippen LogP contribution in [-0.2, 0) is 23.1 Å². The molecule has 0 aliphatic rings. The highest BCUT2D eigenvalue weighted by atomic mass is 127. The Morgan fingerprint density at radius 2 is 2.00 bits per heavy atom. The van der Waals surface area contributed by atoms with Crippen LogP contribution < -0.4 is 10.6 Å². The summed E-state index contributed by atoms with van der Waals surface area (Å²) in [5.41, 5.74) is -0.267. The van der Waals surface area contributed by atoms with Crippen LogP contribution in [0, 0.1) is 6.92 Å². The number of halogens is 1. The predicted molar refractivity (Wildman–Crippen MR) is 117 cm³/mol. The van der Waals surface area contributed by atoms with Crippen molar-refractivity contribution in [3.05, 3.63) is 11.6 Å². The molecule has 27 heavy (non-hydrogen) atoms. The minimum atomic E-state index is -0.267. The maximum Gasteiger partial charge on any atom is 0.240 e. The Hall–Kier alpha value is -1.43. The third-order valence-electron chi connectivity index (χ3n) is 3.62. The Balaban J connectivity index is 0.00000676. The number of carbonyl (C=O) groups is 1. The van der Waals surface area contributed by atoms with Crippen molar-refractivity contribution < 1.29 is 9.53 Å². The second-order valence-corrected chi connectivity index (χ2v) is 7.29. The van der Waals surface area contributed by atoms with Crippen LogP contribution in [0.15, 0.2) is 4.99 Å². The highest BCUT2D eigenvalue weighted by molar-refractivity contribution is 14.0. The standard InChI is InChI=1S/C17H33N7O2.HI/c1-13-21-22-14(24(13)6)11-19-16(18-9-8-10-26-7)23(5)12-15(25)20-17(2,3)4;/h8-12H2,1-7H3,(H,18,19)(H,20,25);1H. The molecule has 0 fully saturated rings. The Kier molecular flexibility index (Phi) is 11.5. The number of aliphatic imine (C=N–C) groups is 1. The Morgan fingerprint density at radius 3 is 2.52 bits per heavy atom. The van der Waals surface area contributed by atoms with Gasteiger partial charge in [-0.1, -0.05) is 0 Å². The van der Waals surface area contributed by atoms with Crippen LogP contribution in [0.1, 0.15) is 38.8 Å². The third-order valence-corrected chi connectivity index (χ3v) is 3.62. The molecule has 1 amide bonds. The fourth-order valence-corrected chi connectivity index (χ4v) is 2.21. The number of rotatable bonds is 8. The van der Waals surface area contributed by atoms with E-state index in [0.29, 0.717) is 25.7 Å². The zero-order valence-electron chi connectivity index (χ0n) is 17.5. The van der Waals surface area contributed by atoms with Crippen LogP contribution >= 0.6 is 24.0 Å². The fraction of sp³-hybridized carbons (Fsp3) is 0.765. The van der Waals surface area contributed by atoms with Crippen LogP contribution in [0.3, 0.4) is 0 Å². The van der Waals surface area contributed by atoms with Gasteiger partial charge in [-0.3, -0.25) is 4.79 Å². The van der Waals surface area contributed by atoms with Gasteiger partial charge in [-0.15, -0.1) is 34.2 Å². The lowest BCUT2D eigenvalue weighted by Gasteiger charge is -2.25. The van der Waals surface area contributed by atoms with E-state index in [0.717, 1.165) is 18.1 Å². The first-order valence-electron chi connectivity index (χ1n) is 8.78. The molecule has 1 heterocycles. The quantitative estimate of drug-likeness (QED) is 0.243. The van der Waals surface area contributed by atoms with Crippen molar-refractivity contribution in [1.82, 2.24) is 30.3 Å². The van der Waals surface area contributed by atoms with Crippen molar-refractivity contribution in [2.24, 2.45) is 12.0 Å². The molecule has 0 saturated heterocycles. The summed E-state index contributed by atoms with van der Waals surface area (Å²) in [6.45, 7) is 9.73. The Bertz CT molecular complexity index is 611. The molecule has 9 nitrogen and oxygen atoms in total. The number of hydrogen-bond donors (Lipinski definition) is 2. The van der Waals surface area contributed by atoms with E-state index in [9.17, 15) is 4.79 Å². The van der Waals surface area contributed by atoms with Gasteiger partial charge in [0.05, 0.1) is 6.54 Å². The normalized spacial score (nSPS) is 11.7. The van der Waals surface area contributed by atoms with Crippen LogP contribution in [0.5, 0.6) is 0 Å². The molecule has 0 aliphatic carbocycles. The maximum atomic E-state index is 12.2. The number of carbonyl (C=O) groups excluding carboxylic acids is 1. The summed E-state index contributed by atoms with van der Waals surface area (Å²) in [6, 6.07) is 0. The molecule has 156 valence electrons. The fourth-order valence-electron chi connectivity index (χ4n) is 2.21. The maximum absolute atomic E-state index is 12.2. The van der Waals surface area contributed by atoms with E-state index in [2.05, 4.69) is 25.8 Å². The van der Waals surface area contributed by atoms with Crippen LogP contribution in [0.2, 0.25) is 0 Å². The van der Waals surface area contributed by atoms with E-state index in [1.165, 1.54) is 0 Å². The van der Waals surface area contributed by atoms with Gasteiger partial charge in [0, 0.05) is 39.9 Å². The molecule has 2 N–H and O–H groups in total. The zero-order valence-corrected chi connectivity index (χ0v) is 19.8. The van der Waals surface area contributed by atoms with Gasteiger partial charge >= 0.3 is 0 Å². The summed E-state index contributed by atoms with van der Waals surface area (Å²) in [7, 11) is 5.42. The lowest BCUT2D eigenvalue weighted by molar-refractivity contribution is -0.122. The molecule has 1 rings (SSSR count). The topological polar surface area (TPSA) is 96.7 Å². The summed E-state index contributed by atoms with van der Waals surface area (Å²) in [5.74, 6) is 2.20. The number of methoxy groups -OCH3 is 1. The van der Waals surface area contributed by atoms with Gasteiger partial charge in [0.15, 0.2) is 11.8 Å². The van der Waals surface area contributed by atoms with E-state index in [1.54, 1.807) is 12.0 Å². The number of nitrogens with zero attached hydrogens (tertiary/aromatic N) is 5. The number of aryl methyl sites for hydroxylation is 1. The third kappa shape index (κ3) is 9.89. The molecule has 0 atom stereocenters. The largest absolute Gasteiger partial charge is 0.385 e. The number of likely N-dealkylation sites (N-methyl/N-ethyl adjacent to an activating group) is 1. The minimum absolute atomic E-state index is 0. The van der Waals surface area contributed by atoms with E-state index in [-0.39, 0.29) is 42.0 Å². The second-order valence-electron chi connectivity index (χ2n) is 7.29. The van der Waals surface area contributed by atoms with Gasteiger partial charge in [-0.25, -0.2) is 4.99 Å². The van der Waals surface area contributed by atoms with Crippen molar-refractivity contribution >= 4 is 35.8 Å². The molecule has 0 saturated carbocycles. The van der Waals surface area contributed by atoms with Crippen molar-refractivity contribution in [3.8, 4) is 0 Å². The Labute approximate surface area is 179 Å². The molecular weight excluding hydrogens is 461 g/mol. The molecule has 0 aliphatic heterocycles. The predicted octanol–water partition coefficient (Wildman–Crippen LogP) is 1.07. The number of nitrogens with one attached hydrogen (secondary N) is 2. The molecule has 0 spiro atoms. The van der Waals surface area contributed by atoms with Crippen molar-refractivity contribution in [2.75, 3.05) is 33.9 Å². The summed E-state index contributed by atoms with van der Waals surface area (Å²) < 4.78 is 6.97. The lowest BCUT2D eigenvalue weighted by Crippen LogP contribution is -2.49. The Morgan fingerprint density at radius 1 is 1.33 bits per heavy atom. The van der Waals surface area contributed by atoms with Crippen molar-refractivity contribution in [1.29, 1.82) is 0 Å². The van der Waals surface area contributed by atoms with Gasteiger partial charge in [-0.05, 0) is 34.1 Å². The first-order chi connectivity index (χ1) is 12.1. The summed E-state index contributed by atoms with van der Waals surface area (Å²) >= 11 is 0. The van der Waals surface area contributed by atoms with Crippen LogP contribution in [-0.4, -0.2) is 70.9 Å². The molecule has 0 bridgehead atoms. The zero-order chi connectivity index (χ0) is 19.7. The number of amides is 1. The smallest absolute Gasteiger partial charge is 0.240 e. The number of aromatic nitrogens is 3. The average Bonchev–Trinajstić information content (AvgIpc) is 2.84. The summed E-state index contributed by atoms with van der Waals surface area (Å²) in [5, 5.41) is 14.4. The minimum Gasteiger partial charge on any atom is -0.385 e. The molecule has 0 unspecified atom stereocenters. The van der Waals surface area contributed by atoms with Crippen molar-refractivity contribution in [2.45, 2.75) is 46.2 Å². The van der Waals surface area contributed by atoms with Crippen LogP contribution in [0.4, 0.5) is 0 Å². The highest BCUT2D eigenvalue weighted by Crippen LogP contribution is 2.01. The van der Waals surface area contributed by atoms with E-state index in [4.69, 9.17) is 4.74 Å². The molecule has 0 radical (unpaired) electrons. The second kappa shape index (κ2) is 12.1. The summed E-state index contributed by atoms with van der Waals surface area (Å²) in [6.07, 6.45) is 0.848. The van der Waals surface area contributed by atoms with Gasteiger partial charge < -0.3 is 24.8 Å². The lowest BCUT2D eigenvalue weighted by atomic mass is 10.1. The molecule has 10 heteroatoms. The first kappa shape index (κ1) is 25.6. The van der Waals surface area contributed by atoms with E-state index < -0.39 is 0 Å². The number of guanidine groups is 1. The molecular formula is C17H34IN7O2. The average molecular weight is 495 g/mol. The van der Waals surface area contributed by atoms with Gasteiger partial charge in [0.1, 0.15) is 12.4 Å². The molecule has 1 aromatic heterocycles. The first-order valence-corrected chi connectivity index (χ1v) is 8.78. The summed E-state index contributed by atoms with van der Waals surface area (Å²) in [4.78, 5) is 18.6. The number of hydrogen-bond acceptors (Lipinski definition) is 5. The number of ether oxygens (including phenoxy) is 1. The highest BCUT2D eigenvalue weighted by Gasteiger charge is 2.17. The monoisotopic (exact) mass is 495 g/mol. The van der Waals surface area contributed by atoms with Crippen molar-refractivity contribution in [3.63, 3.8) is 0 Å². The SMILES string of the molecule is COCCCNC(=NCc1nnc(C)n1C)N(C)CC(=O)NC(C)(C)C.I. The van der Waals surface area contributed by atoms with Gasteiger partial charge in [0.2, 0.25) is 5.91 Å². The van der Waals surface area contributed by atoms with Crippen LogP contribution in [0.25, 0.3) is 0 Å². The van der Waals surface area contributed by atoms with Gasteiger partial charge in [0.25, 0.3) is 0 Å². The molecule has 0 aromatic carbocycles.